The van der Waals surface area contributed by atoms with Gasteiger partial charge in [-0.3, -0.25) is 4.79 Å². The van der Waals surface area contributed by atoms with Crippen LogP contribution in [0, 0.1) is 11.3 Å². The van der Waals surface area contributed by atoms with Crippen LogP contribution in [0.2, 0.25) is 0 Å². The van der Waals surface area contributed by atoms with Crippen molar-refractivity contribution in [3.8, 4) is 33.8 Å². The second-order valence-corrected chi connectivity index (χ2v) is 11.0. The molecule has 0 fully saturated rings. The Morgan fingerprint density at radius 3 is 2.82 bits per heavy atom. The molecule has 0 bridgehead atoms. The second-order valence-electron chi connectivity index (χ2n) is 8.46. The molecule has 1 aliphatic carbocycles. The first-order valence-electron chi connectivity index (χ1n) is 10.8. The van der Waals surface area contributed by atoms with Crippen molar-refractivity contribution in [1.29, 1.82) is 5.26 Å². The molecule has 0 amide bonds. The lowest BCUT2D eigenvalue weighted by Gasteiger charge is -2.14. The quantitative estimate of drug-likeness (QED) is 0.500. The van der Waals surface area contributed by atoms with Gasteiger partial charge in [-0.25, -0.2) is 18.1 Å². The Bertz CT molecular complexity index is 1390. The van der Waals surface area contributed by atoms with Gasteiger partial charge in [0.05, 0.1) is 11.7 Å². The number of carbonyl (C=O) groups is 1. The molecule has 2 aromatic carbocycles. The van der Waals surface area contributed by atoms with E-state index in [4.69, 9.17) is 9.72 Å². The van der Waals surface area contributed by atoms with E-state index in [1.807, 2.05) is 38.1 Å². The Labute approximate surface area is 202 Å². The first-order chi connectivity index (χ1) is 16.2. The molecule has 176 valence electrons. The molecular formula is C24H24N4O4S2. The number of ether oxygens (including phenoxy) is 1. The van der Waals surface area contributed by atoms with Gasteiger partial charge >= 0.3 is 0 Å². The third-order valence-corrected chi connectivity index (χ3v) is 7.56. The lowest BCUT2D eigenvalue weighted by atomic mass is 10.0. The van der Waals surface area contributed by atoms with E-state index in [1.165, 1.54) is 18.5 Å². The maximum absolute atomic E-state index is 12.3. The maximum atomic E-state index is 12.3. The summed E-state index contributed by atoms with van der Waals surface area (Å²) in [5, 5.41) is 10.2. The molecule has 8 nitrogen and oxygen atoms in total. The van der Waals surface area contributed by atoms with Gasteiger partial charge in [0.15, 0.2) is 5.82 Å². The highest BCUT2D eigenvalue weighted by Crippen LogP contribution is 2.38. The lowest BCUT2D eigenvalue weighted by Crippen LogP contribution is -2.31. The van der Waals surface area contributed by atoms with Crippen LogP contribution in [-0.4, -0.2) is 35.4 Å². The number of nitrogens with one attached hydrogen (secondary N) is 1. The van der Waals surface area contributed by atoms with Crippen LogP contribution in [0.15, 0.2) is 36.4 Å². The number of nitrogens with zero attached hydrogens (tertiary/aromatic N) is 3. The zero-order chi connectivity index (χ0) is 24.5. The Morgan fingerprint density at radius 1 is 1.32 bits per heavy atom. The molecular weight excluding hydrogens is 472 g/mol. The number of nitriles is 1. The van der Waals surface area contributed by atoms with Gasteiger partial charge in [-0.15, -0.1) is 0 Å². The molecule has 4 rings (SSSR count). The molecule has 0 aliphatic heterocycles. The normalized spacial score (nSPS) is 15.2. The van der Waals surface area contributed by atoms with Crippen LogP contribution in [0.25, 0.3) is 22.0 Å². The summed E-state index contributed by atoms with van der Waals surface area (Å²) in [4.78, 5) is 16.0. The molecule has 1 aromatic heterocycles. The summed E-state index contributed by atoms with van der Waals surface area (Å²) in [6.07, 6.45) is 1.23. The summed E-state index contributed by atoms with van der Waals surface area (Å²) in [5.41, 5.74) is 3.94. The van der Waals surface area contributed by atoms with Gasteiger partial charge in [0.1, 0.15) is 28.4 Å². The fourth-order valence-electron chi connectivity index (χ4n) is 4.07. The van der Waals surface area contributed by atoms with Crippen LogP contribution in [-0.2, 0) is 21.2 Å². The molecule has 0 radical (unpaired) electrons. The molecule has 1 atom stereocenters. The summed E-state index contributed by atoms with van der Waals surface area (Å²) in [6, 6.07) is 12.8. The fourth-order valence-corrected chi connectivity index (χ4v) is 6.04. The average Bonchev–Trinajstić information content (AvgIpc) is 3.40. The molecule has 0 unspecified atom stereocenters. The summed E-state index contributed by atoms with van der Waals surface area (Å²) >= 11 is 1.24. The van der Waals surface area contributed by atoms with Crippen molar-refractivity contribution in [2.24, 2.45) is 0 Å². The number of benzene rings is 2. The third-order valence-electron chi connectivity index (χ3n) is 5.36. The van der Waals surface area contributed by atoms with Crippen LogP contribution < -0.4 is 9.46 Å². The summed E-state index contributed by atoms with van der Waals surface area (Å²) < 4.78 is 37.4. The van der Waals surface area contributed by atoms with E-state index in [0.29, 0.717) is 35.0 Å². The largest absolute Gasteiger partial charge is 0.490 e. The third kappa shape index (κ3) is 5.17. The Balaban J connectivity index is 1.62. The van der Waals surface area contributed by atoms with Crippen LogP contribution in [0.5, 0.6) is 5.75 Å². The summed E-state index contributed by atoms with van der Waals surface area (Å²) in [7, 11) is -3.70. The predicted octanol–water partition coefficient (Wildman–Crippen LogP) is 4.03. The highest BCUT2D eigenvalue weighted by atomic mass is 32.2. The van der Waals surface area contributed by atoms with Crippen LogP contribution in [0.4, 0.5) is 0 Å². The fraction of sp³-hybridized carbons (Fsp3) is 0.333. The Morgan fingerprint density at radius 2 is 2.12 bits per heavy atom. The number of hydrogen-bond acceptors (Lipinski definition) is 8. The van der Waals surface area contributed by atoms with Gasteiger partial charge in [-0.2, -0.15) is 9.64 Å². The average molecular weight is 497 g/mol. The highest BCUT2D eigenvalue weighted by molar-refractivity contribution is 7.90. The molecule has 1 N–H and O–H groups in total. The summed E-state index contributed by atoms with van der Waals surface area (Å²) in [6.45, 7) is 5.07. The highest BCUT2D eigenvalue weighted by Gasteiger charge is 2.29. The monoisotopic (exact) mass is 496 g/mol. The van der Waals surface area contributed by atoms with Gasteiger partial charge in [-0.1, -0.05) is 18.2 Å². The van der Waals surface area contributed by atoms with E-state index in [9.17, 15) is 18.5 Å². The van der Waals surface area contributed by atoms with Gasteiger partial charge in [-0.05, 0) is 74.5 Å². The molecule has 34 heavy (non-hydrogen) atoms. The molecule has 10 heteroatoms. The smallest absolute Gasteiger partial charge is 0.219 e. The van der Waals surface area contributed by atoms with Crippen molar-refractivity contribution >= 4 is 27.3 Å². The standard InChI is InChI=1S/C24H24N4O4S2/c1-14(2)32-22-10-7-16(11-17(22)12-25)24-26-23(27-33-24)20-6-4-5-19-18(20)8-9-21(19)28-34(30,31)13-15(3)29/h4-7,10-11,14,21,28H,8-9,13H2,1-3H3/t21-/m0/s1. The molecule has 0 saturated carbocycles. The van der Waals surface area contributed by atoms with E-state index >= 15 is 0 Å². The number of sulfonamides is 1. The van der Waals surface area contributed by atoms with Gasteiger partial charge in [0, 0.05) is 17.2 Å². The molecule has 0 spiro atoms. The van der Waals surface area contributed by atoms with Crippen molar-refractivity contribution in [2.45, 2.75) is 45.8 Å². The van der Waals surface area contributed by atoms with E-state index in [-0.39, 0.29) is 12.1 Å². The number of fused-ring (bicyclic) bond motifs is 1. The minimum atomic E-state index is -3.70. The summed E-state index contributed by atoms with van der Waals surface area (Å²) in [5.74, 6) is 0.165. The van der Waals surface area contributed by atoms with Crippen molar-refractivity contribution in [3.63, 3.8) is 0 Å². The maximum Gasteiger partial charge on any atom is 0.219 e. The Kier molecular flexibility index (Phi) is 6.79. The molecule has 1 heterocycles. The minimum absolute atomic E-state index is 0.0398. The number of rotatable bonds is 8. The van der Waals surface area contributed by atoms with E-state index < -0.39 is 21.6 Å². The molecule has 1 aliphatic rings. The van der Waals surface area contributed by atoms with Crippen LogP contribution in [0.1, 0.15) is 49.9 Å². The second kappa shape index (κ2) is 9.62. The van der Waals surface area contributed by atoms with Crippen LogP contribution >= 0.6 is 11.5 Å². The number of ketones is 1. The Hall–Kier alpha value is -3.13. The SMILES string of the molecule is CC(=O)CS(=O)(=O)N[C@H]1CCc2c(-c3nsc(-c4ccc(OC(C)C)c(C#N)c4)n3)cccc21. The van der Waals surface area contributed by atoms with Crippen molar-refractivity contribution < 1.29 is 17.9 Å². The zero-order valence-electron chi connectivity index (χ0n) is 19.0. The molecule has 0 saturated heterocycles. The topological polar surface area (TPSA) is 122 Å². The first-order valence-corrected chi connectivity index (χ1v) is 13.3. The van der Waals surface area contributed by atoms with Gasteiger partial charge < -0.3 is 4.74 Å². The minimum Gasteiger partial charge on any atom is -0.490 e. The van der Waals surface area contributed by atoms with Crippen molar-refractivity contribution in [2.75, 3.05) is 5.75 Å². The van der Waals surface area contributed by atoms with E-state index in [1.54, 1.807) is 12.1 Å². The number of Topliss-reactive ketones (excluding diaryl/α,β-unsaturated/α-hetero) is 1. The van der Waals surface area contributed by atoms with E-state index in [0.717, 1.165) is 22.3 Å². The number of aromatic nitrogens is 2. The predicted molar refractivity (Wildman–Crippen MR) is 130 cm³/mol. The van der Waals surface area contributed by atoms with Gasteiger partial charge in [0.25, 0.3) is 0 Å². The lowest BCUT2D eigenvalue weighted by molar-refractivity contribution is -0.114. The number of carbonyl (C=O) groups excluding carboxylic acids is 1. The van der Waals surface area contributed by atoms with Gasteiger partial charge in [0.2, 0.25) is 10.0 Å². The van der Waals surface area contributed by atoms with Crippen molar-refractivity contribution in [3.05, 3.63) is 53.1 Å². The van der Waals surface area contributed by atoms with Crippen LogP contribution in [0.3, 0.4) is 0 Å². The zero-order valence-corrected chi connectivity index (χ0v) is 20.7. The van der Waals surface area contributed by atoms with Crippen molar-refractivity contribution in [1.82, 2.24) is 14.1 Å². The molecule has 3 aromatic rings. The number of hydrogen-bond donors (Lipinski definition) is 1. The van der Waals surface area contributed by atoms with E-state index in [2.05, 4.69) is 15.2 Å². The first kappa shape index (κ1) is 24.0.